The molecule has 21 heavy (non-hydrogen) atoms. The predicted molar refractivity (Wildman–Crippen MR) is 82.1 cm³/mol. The van der Waals surface area contributed by atoms with Crippen LogP contribution in [0, 0.1) is 11.7 Å². The molecule has 2 aliphatic carbocycles. The van der Waals surface area contributed by atoms with Crippen molar-refractivity contribution in [2.24, 2.45) is 10.9 Å². The molecule has 1 unspecified atom stereocenters. The van der Waals surface area contributed by atoms with Gasteiger partial charge in [0.2, 0.25) is 11.2 Å². The lowest BCUT2D eigenvalue weighted by molar-refractivity contribution is 0.283. The van der Waals surface area contributed by atoms with Crippen LogP contribution in [0.1, 0.15) is 43.7 Å². The number of hydrogen-bond acceptors (Lipinski definition) is 2. The van der Waals surface area contributed by atoms with Gasteiger partial charge in [0.15, 0.2) is 0 Å². The van der Waals surface area contributed by atoms with E-state index >= 15 is 0 Å². The molecular formula is C16H17FN2OS. The van der Waals surface area contributed by atoms with Crippen LogP contribution in [0.4, 0.5) is 4.39 Å². The summed E-state index contributed by atoms with van der Waals surface area (Å²) in [6.45, 7) is 0. The largest absolute Gasteiger partial charge is 0.337 e. The summed E-state index contributed by atoms with van der Waals surface area (Å²) >= 11 is 5.29. The lowest BCUT2D eigenvalue weighted by Gasteiger charge is -2.32. The van der Waals surface area contributed by atoms with Crippen molar-refractivity contribution in [3.05, 3.63) is 35.6 Å². The van der Waals surface area contributed by atoms with Crippen molar-refractivity contribution in [3.8, 4) is 0 Å². The Balaban J connectivity index is 1.89. The van der Waals surface area contributed by atoms with Crippen molar-refractivity contribution in [2.75, 3.05) is 0 Å². The van der Waals surface area contributed by atoms with E-state index in [2.05, 4.69) is 9.89 Å². The van der Waals surface area contributed by atoms with Gasteiger partial charge in [-0.05, 0) is 55.1 Å². The number of carbonyl (C=O) groups excluding carboxylic acids is 1. The van der Waals surface area contributed by atoms with Crippen LogP contribution in [0.2, 0.25) is 0 Å². The fraction of sp³-hybridized carbons (Fsp3) is 0.500. The molecule has 2 fully saturated rings. The Morgan fingerprint density at radius 2 is 2.00 bits per heavy atom. The Morgan fingerprint density at radius 1 is 1.33 bits per heavy atom. The summed E-state index contributed by atoms with van der Waals surface area (Å²) in [5.74, 6) is 0.458. The minimum atomic E-state index is -0.240. The number of benzene rings is 1. The number of thiocarbonyl (C=S) groups is 1. The highest BCUT2D eigenvalue weighted by Gasteiger charge is 2.39. The molecular weight excluding hydrogens is 287 g/mol. The van der Waals surface area contributed by atoms with E-state index in [9.17, 15) is 9.18 Å². The van der Waals surface area contributed by atoms with Crippen LogP contribution < -0.4 is 0 Å². The summed E-state index contributed by atoms with van der Waals surface area (Å²) in [5, 5.41) is 0.308. The van der Waals surface area contributed by atoms with Gasteiger partial charge < -0.3 is 4.90 Å². The Bertz CT molecular complexity index is 574. The van der Waals surface area contributed by atoms with E-state index < -0.39 is 0 Å². The van der Waals surface area contributed by atoms with E-state index in [1.54, 1.807) is 6.08 Å². The molecule has 1 aromatic rings. The van der Waals surface area contributed by atoms with Gasteiger partial charge in [-0.2, -0.15) is 0 Å². The first-order valence-electron chi connectivity index (χ1n) is 7.34. The zero-order valence-electron chi connectivity index (χ0n) is 11.7. The molecule has 0 aromatic heterocycles. The van der Waals surface area contributed by atoms with E-state index in [0.29, 0.717) is 17.1 Å². The Labute approximate surface area is 128 Å². The maximum atomic E-state index is 13.2. The molecule has 3 nitrogen and oxygen atoms in total. The van der Waals surface area contributed by atoms with Crippen LogP contribution in [-0.2, 0) is 4.79 Å². The molecule has 0 radical (unpaired) electrons. The van der Waals surface area contributed by atoms with E-state index in [1.807, 2.05) is 12.1 Å². The first-order chi connectivity index (χ1) is 10.2. The van der Waals surface area contributed by atoms with Gasteiger partial charge in [0.05, 0.1) is 6.04 Å². The number of halogens is 1. The molecule has 0 N–H and O–H groups in total. The highest BCUT2D eigenvalue weighted by atomic mass is 32.1. The lowest BCUT2D eigenvalue weighted by Crippen LogP contribution is -2.35. The van der Waals surface area contributed by atoms with Crippen LogP contribution in [0.3, 0.4) is 0 Å². The van der Waals surface area contributed by atoms with Crippen LogP contribution in [0.5, 0.6) is 0 Å². The summed E-state index contributed by atoms with van der Waals surface area (Å²) in [7, 11) is 0. The van der Waals surface area contributed by atoms with Crippen molar-refractivity contribution in [3.63, 3.8) is 0 Å². The lowest BCUT2D eigenvalue weighted by atomic mass is 9.99. The van der Waals surface area contributed by atoms with Gasteiger partial charge in [0, 0.05) is 6.04 Å². The number of hydrogen-bond donors (Lipinski definition) is 0. The van der Waals surface area contributed by atoms with E-state index in [1.165, 1.54) is 25.0 Å². The third-order valence-electron chi connectivity index (χ3n) is 4.15. The molecule has 2 aliphatic rings. The average Bonchev–Trinajstić information content (AvgIpc) is 3.34. The van der Waals surface area contributed by atoms with Crippen molar-refractivity contribution in [1.29, 1.82) is 0 Å². The van der Waals surface area contributed by atoms with E-state index in [4.69, 9.17) is 12.2 Å². The summed E-state index contributed by atoms with van der Waals surface area (Å²) in [5.41, 5.74) is 1.04. The Morgan fingerprint density at radius 3 is 2.52 bits per heavy atom. The molecule has 2 saturated carbocycles. The second-order valence-electron chi connectivity index (χ2n) is 5.87. The van der Waals surface area contributed by atoms with Gasteiger partial charge in [0.1, 0.15) is 5.82 Å². The normalized spacial score (nSPS) is 18.7. The molecule has 0 bridgehead atoms. The van der Waals surface area contributed by atoms with Gasteiger partial charge in [-0.1, -0.05) is 25.0 Å². The fourth-order valence-corrected chi connectivity index (χ4v) is 3.07. The first-order valence-corrected chi connectivity index (χ1v) is 7.75. The highest BCUT2D eigenvalue weighted by molar-refractivity contribution is 7.80. The molecule has 0 amide bonds. The Kier molecular flexibility index (Phi) is 4.13. The Hall–Kier alpha value is -1.58. The molecule has 0 heterocycles. The molecule has 3 rings (SSSR count). The number of rotatable bonds is 5. The highest BCUT2D eigenvalue weighted by Crippen LogP contribution is 2.44. The van der Waals surface area contributed by atoms with Gasteiger partial charge in [0.25, 0.3) is 0 Å². The average molecular weight is 304 g/mol. The van der Waals surface area contributed by atoms with Crippen LogP contribution in [0.15, 0.2) is 29.3 Å². The van der Waals surface area contributed by atoms with Gasteiger partial charge in [-0.3, -0.25) is 0 Å². The zero-order valence-corrected chi connectivity index (χ0v) is 12.5. The first kappa shape index (κ1) is 14.4. The van der Waals surface area contributed by atoms with Crippen molar-refractivity contribution >= 4 is 23.4 Å². The summed E-state index contributed by atoms with van der Waals surface area (Å²) < 4.78 is 13.2. The SMILES string of the molecule is O=C=NC(=S)N(C1CC1)C(CC1CC1)c1ccc(F)cc1. The zero-order chi connectivity index (χ0) is 14.8. The standard InChI is InChI=1S/C16H17FN2OS/c17-13-5-3-12(4-6-13)15(9-11-1-2-11)19(14-7-8-14)16(21)18-10-20/h3-6,11,14-15H,1-2,7-9H2. The molecule has 1 atom stereocenters. The maximum Gasteiger partial charge on any atom is 0.242 e. The second kappa shape index (κ2) is 6.04. The van der Waals surface area contributed by atoms with Crippen molar-refractivity contribution in [2.45, 2.75) is 44.2 Å². The smallest absolute Gasteiger partial charge is 0.242 e. The van der Waals surface area contributed by atoms with Crippen LogP contribution in [0.25, 0.3) is 0 Å². The van der Waals surface area contributed by atoms with Crippen molar-refractivity contribution in [1.82, 2.24) is 4.90 Å². The number of nitrogens with zero attached hydrogens (tertiary/aromatic N) is 2. The minimum absolute atomic E-state index is 0.0789. The monoisotopic (exact) mass is 304 g/mol. The van der Waals surface area contributed by atoms with Gasteiger partial charge in [-0.15, -0.1) is 4.99 Å². The third kappa shape index (κ3) is 3.55. The van der Waals surface area contributed by atoms with Gasteiger partial charge in [-0.25, -0.2) is 9.18 Å². The fourth-order valence-electron chi connectivity index (χ4n) is 2.76. The van der Waals surface area contributed by atoms with Crippen molar-refractivity contribution < 1.29 is 9.18 Å². The molecule has 0 saturated heterocycles. The minimum Gasteiger partial charge on any atom is -0.337 e. The topological polar surface area (TPSA) is 32.7 Å². The molecule has 0 aliphatic heterocycles. The quantitative estimate of drug-likeness (QED) is 0.472. The van der Waals surface area contributed by atoms with Crippen LogP contribution >= 0.6 is 12.2 Å². The molecule has 1 aromatic carbocycles. The maximum absolute atomic E-state index is 13.2. The second-order valence-corrected chi connectivity index (χ2v) is 6.24. The molecule has 5 heteroatoms. The third-order valence-corrected chi connectivity index (χ3v) is 4.45. The predicted octanol–water partition coefficient (Wildman–Crippen LogP) is 3.75. The summed E-state index contributed by atoms with van der Waals surface area (Å²) in [6.07, 6.45) is 7.13. The van der Waals surface area contributed by atoms with E-state index in [-0.39, 0.29) is 11.9 Å². The van der Waals surface area contributed by atoms with E-state index in [0.717, 1.165) is 24.8 Å². The van der Waals surface area contributed by atoms with Crippen LogP contribution in [-0.4, -0.2) is 22.1 Å². The molecule has 110 valence electrons. The number of isocyanates is 1. The summed E-state index contributed by atoms with van der Waals surface area (Å²) in [4.78, 5) is 16.3. The number of aliphatic imine (C=N–C) groups is 1. The van der Waals surface area contributed by atoms with Gasteiger partial charge >= 0.3 is 0 Å². The summed E-state index contributed by atoms with van der Waals surface area (Å²) in [6, 6.07) is 7.01. The molecule has 0 spiro atoms.